The van der Waals surface area contributed by atoms with Crippen molar-refractivity contribution >= 4 is 23.5 Å². The van der Waals surface area contributed by atoms with Crippen LogP contribution in [0.15, 0.2) is 47.1 Å². The second-order valence-electron chi connectivity index (χ2n) is 4.19. The van der Waals surface area contributed by atoms with Crippen molar-refractivity contribution in [2.75, 3.05) is 6.61 Å². The first-order valence-corrected chi connectivity index (χ1v) is 6.76. The fourth-order valence-electron chi connectivity index (χ4n) is 1.77. The maximum atomic E-state index is 12.0. The summed E-state index contributed by atoms with van der Waals surface area (Å²) >= 11 is 5.83. The topological polar surface area (TPSA) is 68.5 Å². The second kappa shape index (κ2) is 6.95. The van der Waals surface area contributed by atoms with Crippen molar-refractivity contribution < 1.29 is 18.7 Å². The van der Waals surface area contributed by atoms with Gasteiger partial charge in [0.15, 0.2) is 11.8 Å². The quantitative estimate of drug-likeness (QED) is 0.862. The first-order valence-electron chi connectivity index (χ1n) is 6.38. The molecule has 0 aliphatic rings. The van der Waals surface area contributed by atoms with E-state index in [1.807, 2.05) is 0 Å². The molecule has 0 aliphatic heterocycles. The maximum Gasteiger partial charge on any atom is 0.333 e. The van der Waals surface area contributed by atoms with Crippen LogP contribution in [0.4, 0.5) is 0 Å². The molecular weight excluding hydrogens is 294 g/mol. The molecule has 0 bridgehead atoms. The largest absolute Gasteiger partial charge is 0.464 e. The Labute approximate surface area is 126 Å². The van der Waals surface area contributed by atoms with Gasteiger partial charge in [-0.1, -0.05) is 23.7 Å². The molecule has 5 nitrogen and oxygen atoms in total. The highest BCUT2D eigenvalue weighted by Crippen LogP contribution is 2.18. The second-order valence-corrected chi connectivity index (χ2v) is 4.62. The Morgan fingerprint density at radius 3 is 2.57 bits per heavy atom. The third kappa shape index (κ3) is 3.86. The molecule has 2 aromatic rings. The minimum atomic E-state index is -0.917. The molecule has 2 rings (SSSR count). The standard InChI is InChI=1S/C15H14ClNO4/c1-2-20-15(19)13(10-5-7-11(16)8-6-10)17-14(18)12-4-3-9-21-12/h3-9,13H,2H2,1H3,(H,17,18). The molecule has 0 spiro atoms. The van der Waals surface area contributed by atoms with Gasteiger partial charge in [0.2, 0.25) is 0 Å². The highest BCUT2D eigenvalue weighted by atomic mass is 35.5. The molecule has 1 unspecified atom stereocenters. The number of halogens is 1. The molecule has 0 aliphatic carbocycles. The summed E-state index contributed by atoms with van der Waals surface area (Å²) in [4.78, 5) is 24.1. The third-order valence-corrected chi connectivity index (χ3v) is 3.00. The Kier molecular flexibility index (Phi) is 5.00. The van der Waals surface area contributed by atoms with Crippen LogP contribution in [0, 0.1) is 0 Å². The molecule has 1 atom stereocenters. The predicted molar refractivity (Wildman–Crippen MR) is 77.0 cm³/mol. The molecule has 1 N–H and O–H groups in total. The molecule has 21 heavy (non-hydrogen) atoms. The van der Waals surface area contributed by atoms with Crippen LogP contribution in [0.1, 0.15) is 29.1 Å². The van der Waals surface area contributed by atoms with E-state index < -0.39 is 17.9 Å². The Hall–Kier alpha value is -2.27. The predicted octanol–water partition coefficient (Wildman–Crippen LogP) is 2.97. The van der Waals surface area contributed by atoms with Crippen molar-refractivity contribution in [3.05, 3.63) is 59.0 Å². The van der Waals surface area contributed by atoms with E-state index in [-0.39, 0.29) is 12.4 Å². The third-order valence-electron chi connectivity index (χ3n) is 2.75. The van der Waals surface area contributed by atoms with E-state index in [0.717, 1.165) is 0 Å². The highest BCUT2D eigenvalue weighted by molar-refractivity contribution is 6.30. The number of ether oxygens (including phenoxy) is 1. The van der Waals surface area contributed by atoms with Crippen molar-refractivity contribution in [1.82, 2.24) is 5.32 Å². The van der Waals surface area contributed by atoms with Gasteiger partial charge in [-0.25, -0.2) is 4.79 Å². The molecule has 1 amide bonds. The Balaban J connectivity index is 2.22. The average molecular weight is 308 g/mol. The first-order chi connectivity index (χ1) is 10.1. The van der Waals surface area contributed by atoms with Crippen LogP contribution in [0.5, 0.6) is 0 Å². The minimum absolute atomic E-state index is 0.123. The lowest BCUT2D eigenvalue weighted by molar-refractivity contribution is -0.145. The molecule has 1 aromatic heterocycles. The number of esters is 1. The van der Waals surface area contributed by atoms with Gasteiger partial charge >= 0.3 is 5.97 Å². The smallest absolute Gasteiger partial charge is 0.333 e. The van der Waals surface area contributed by atoms with Gasteiger partial charge in [-0.15, -0.1) is 0 Å². The van der Waals surface area contributed by atoms with Gasteiger partial charge in [0, 0.05) is 5.02 Å². The Bertz CT molecular complexity index is 607. The van der Waals surface area contributed by atoms with Crippen molar-refractivity contribution in [1.29, 1.82) is 0 Å². The molecule has 0 fully saturated rings. The van der Waals surface area contributed by atoms with Gasteiger partial charge in [-0.05, 0) is 36.8 Å². The number of benzene rings is 1. The van der Waals surface area contributed by atoms with Crippen LogP contribution < -0.4 is 5.32 Å². The summed E-state index contributed by atoms with van der Waals surface area (Å²) in [5, 5.41) is 3.13. The zero-order chi connectivity index (χ0) is 15.2. The monoisotopic (exact) mass is 307 g/mol. The molecule has 0 saturated carbocycles. The van der Waals surface area contributed by atoms with Crippen molar-refractivity contribution in [2.45, 2.75) is 13.0 Å². The van der Waals surface area contributed by atoms with E-state index in [1.165, 1.54) is 12.3 Å². The number of carbonyl (C=O) groups excluding carboxylic acids is 2. The van der Waals surface area contributed by atoms with Crippen LogP contribution in [-0.2, 0) is 9.53 Å². The zero-order valence-corrected chi connectivity index (χ0v) is 12.1. The van der Waals surface area contributed by atoms with Crippen LogP contribution in [0.25, 0.3) is 0 Å². The van der Waals surface area contributed by atoms with Crippen LogP contribution in [0.2, 0.25) is 5.02 Å². The SMILES string of the molecule is CCOC(=O)C(NC(=O)c1ccco1)c1ccc(Cl)cc1. The molecular formula is C15H14ClNO4. The van der Waals surface area contributed by atoms with Gasteiger partial charge in [-0.3, -0.25) is 4.79 Å². The van der Waals surface area contributed by atoms with Crippen molar-refractivity contribution in [3.8, 4) is 0 Å². The molecule has 110 valence electrons. The summed E-state index contributed by atoms with van der Waals surface area (Å²) in [5.41, 5.74) is 0.581. The number of amides is 1. The lowest BCUT2D eigenvalue weighted by atomic mass is 10.1. The summed E-state index contributed by atoms with van der Waals surface area (Å²) in [6, 6.07) is 8.79. The fourth-order valence-corrected chi connectivity index (χ4v) is 1.90. The summed E-state index contributed by atoms with van der Waals surface area (Å²) < 4.78 is 10.00. The average Bonchev–Trinajstić information content (AvgIpc) is 3.00. The molecule has 6 heteroatoms. The lowest BCUT2D eigenvalue weighted by Crippen LogP contribution is -2.34. The number of carbonyl (C=O) groups is 2. The number of hydrogen-bond acceptors (Lipinski definition) is 4. The molecule has 1 heterocycles. The van der Waals surface area contributed by atoms with E-state index in [0.29, 0.717) is 10.6 Å². The Morgan fingerprint density at radius 2 is 2.00 bits per heavy atom. The molecule has 1 aromatic carbocycles. The Morgan fingerprint density at radius 1 is 1.29 bits per heavy atom. The summed E-state index contributed by atoms with van der Waals surface area (Å²) in [7, 11) is 0. The van der Waals surface area contributed by atoms with Crippen LogP contribution >= 0.6 is 11.6 Å². The summed E-state index contributed by atoms with van der Waals surface area (Å²) in [6.45, 7) is 1.92. The van der Waals surface area contributed by atoms with Gasteiger partial charge in [0.1, 0.15) is 0 Å². The van der Waals surface area contributed by atoms with Gasteiger partial charge in [0.25, 0.3) is 5.91 Å². The fraction of sp³-hybridized carbons (Fsp3) is 0.200. The number of furan rings is 1. The van der Waals surface area contributed by atoms with E-state index in [4.69, 9.17) is 20.8 Å². The van der Waals surface area contributed by atoms with Crippen LogP contribution in [-0.4, -0.2) is 18.5 Å². The maximum absolute atomic E-state index is 12.0. The van der Waals surface area contributed by atoms with E-state index in [2.05, 4.69) is 5.32 Å². The van der Waals surface area contributed by atoms with Crippen LogP contribution in [0.3, 0.4) is 0 Å². The van der Waals surface area contributed by atoms with Gasteiger partial charge in [0.05, 0.1) is 12.9 Å². The summed E-state index contributed by atoms with van der Waals surface area (Å²) in [6.07, 6.45) is 1.39. The molecule has 0 saturated heterocycles. The van der Waals surface area contributed by atoms with Crippen molar-refractivity contribution in [2.24, 2.45) is 0 Å². The molecule has 0 radical (unpaired) electrons. The van der Waals surface area contributed by atoms with E-state index in [1.54, 1.807) is 37.3 Å². The number of hydrogen-bond donors (Lipinski definition) is 1. The number of rotatable bonds is 5. The van der Waals surface area contributed by atoms with E-state index >= 15 is 0 Å². The first kappa shape index (κ1) is 15.1. The summed E-state index contributed by atoms with van der Waals surface area (Å²) in [5.74, 6) is -0.911. The zero-order valence-electron chi connectivity index (χ0n) is 11.3. The van der Waals surface area contributed by atoms with E-state index in [9.17, 15) is 9.59 Å². The normalized spacial score (nSPS) is 11.7. The number of nitrogens with one attached hydrogen (secondary N) is 1. The lowest BCUT2D eigenvalue weighted by Gasteiger charge is -2.17. The van der Waals surface area contributed by atoms with Gasteiger partial charge < -0.3 is 14.5 Å². The minimum Gasteiger partial charge on any atom is -0.464 e. The van der Waals surface area contributed by atoms with Gasteiger partial charge in [-0.2, -0.15) is 0 Å². The highest BCUT2D eigenvalue weighted by Gasteiger charge is 2.25. The van der Waals surface area contributed by atoms with Crippen molar-refractivity contribution in [3.63, 3.8) is 0 Å².